The van der Waals surface area contributed by atoms with E-state index in [4.69, 9.17) is 11.6 Å². The van der Waals surface area contributed by atoms with Crippen LogP contribution in [0, 0.1) is 0 Å². The third-order valence-electron chi connectivity index (χ3n) is 2.93. The van der Waals surface area contributed by atoms with E-state index in [1.54, 1.807) is 53.6 Å². The highest BCUT2D eigenvalue weighted by atomic mass is 35.5. The van der Waals surface area contributed by atoms with Crippen LogP contribution < -0.4 is 5.32 Å². The third kappa shape index (κ3) is 3.09. The molecule has 1 amide bonds. The number of carbonyl (C=O) groups is 1. The fourth-order valence-corrected chi connectivity index (χ4v) is 2.08. The Morgan fingerprint density at radius 1 is 1.05 bits per heavy atom. The van der Waals surface area contributed by atoms with Gasteiger partial charge in [-0.1, -0.05) is 17.7 Å². The molecule has 5 nitrogen and oxygen atoms in total. The van der Waals surface area contributed by atoms with Crippen LogP contribution in [0.15, 0.2) is 61.2 Å². The first-order valence-corrected chi connectivity index (χ1v) is 6.62. The zero-order valence-corrected chi connectivity index (χ0v) is 11.7. The van der Waals surface area contributed by atoms with E-state index in [0.29, 0.717) is 16.3 Å². The molecule has 0 atom stereocenters. The van der Waals surface area contributed by atoms with E-state index in [0.717, 1.165) is 5.69 Å². The van der Waals surface area contributed by atoms with Gasteiger partial charge in [0.15, 0.2) is 0 Å². The van der Waals surface area contributed by atoms with E-state index in [1.165, 1.54) is 0 Å². The normalized spacial score (nSPS) is 10.3. The van der Waals surface area contributed by atoms with E-state index >= 15 is 0 Å². The lowest BCUT2D eigenvalue weighted by Crippen LogP contribution is -2.11. The van der Waals surface area contributed by atoms with Gasteiger partial charge in [-0.3, -0.25) is 9.36 Å². The van der Waals surface area contributed by atoms with Crippen LogP contribution in [0.2, 0.25) is 5.02 Å². The van der Waals surface area contributed by atoms with Gasteiger partial charge < -0.3 is 5.32 Å². The minimum Gasteiger partial charge on any atom is -0.322 e. The number of rotatable bonds is 3. The lowest BCUT2D eigenvalue weighted by molar-refractivity contribution is 0.102. The largest absolute Gasteiger partial charge is 0.322 e. The molecule has 0 aliphatic heterocycles. The van der Waals surface area contributed by atoms with Gasteiger partial charge in [0, 0.05) is 22.0 Å². The summed E-state index contributed by atoms with van der Waals surface area (Å²) in [7, 11) is 0. The molecule has 0 aliphatic carbocycles. The summed E-state index contributed by atoms with van der Waals surface area (Å²) < 4.78 is 1.76. The van der Waals surface area contributed by atoms with Gasteiger partial charge in [0.1, 0.15) is 12.7 Å². The van der Waals surface area contributed by atoms with Crippen molar-refractivity contribution in [1.82, 2.24) is 14.8 Å². The van der Waals surface area contributed by atoms with Crippen LogP contribution >= 0.6 is 11.6 Å². The number of benzene rings is 2. The van der Waals surface area contributed by atoms with Gasteiger partial charge in [-0.25, -0.2) is 0 Å². The van der Waals surface area contributed by atoms with Crippen LogP contribution in [-0.2, 0) is 0 Å². The van der Waals surface area contributed by atoms with Crippen molar-refractivity contribution in [3.63, 3.8) is 0 Å². The average molecular weight is 299 g/mol. The van der Waals surface area contributed by atoms with E-state index in [2.05, 4.69) is 15.5 Å². The fraction of sp³-hybridized carbons (Fsp3) is 0. The molecule has 0 saturated heterocycles. The second-order valence-electron chi connectivity index (χ2n) is 4.38. The first-order valence-electron chi connectivity index (χ1n) is 6.24. The minimum absolute atomic E-state index is 0.187. The summed E-state index contributed by atoms with van der Waals surface area (Å²) in [5, 5.41) is 10.9. The minimum atomic E-state index is -0.187. The number of anilines is 1. The third-order valence-corrected chi connectivity index (χ3v) is 3.16. The van der Waals surface area contributed by atoms with E-state index in [-0.39, 0.29) is 5.91 Å². The Kier molecular flexibility index (Phi) is 3.66. The Balaban J connectivity index is 1.76. The predicted molar refractivity (Wildman–Crippen MR) is 80.8 cm³/mol. The highest BCUT2D eigenvalue weighted by Gasteiger charge is 2.06. The van der Waals surface area contributed by atoms with Crippen LogP contribution in [0.4, 0.5) is 5.69 Å². The van der Waals surface area contributed by atoms with Crippen LogP contribution in [-0.4, -0.2) is 20.7 Å². The lowest BCUT2D eigenvalue weighted by Gasteiger charge is -2.06. The summed E-state index contributed by atoms with van der Waals surface area (Å²) in [6.45, 7) is 0. The molecule has 0 unspecified atom stereocenters. The zero-order chi connectivity index (χ0) is 14.7. The topological polar surface area (TPSA) is 59.8 Å². The summed E-state index contributed by atoms with van der Waals surface area (Å²) in [6.07, 6.45) is 3.20. The Hall–Kier alpha value is -2.66. The van der Waals surface area contributed by atoms with Crippen molar-refractivity contribution in [3.8, 4) is 5.69 Å². The summed E-state index contributed by atoms with van der Waals surface area (Å²) in [5.74, 6) is -0.187. The second-order valence-corrected chi connectivity index (χ2v) is 4.82. The van der Waals surface area contributed by atoms with Crippen molar-refractivity contribution in [1.29, 1.82) is 0 Å². The molecule has 6 heteroatoms. The number of hydrogen-bond acceptors (Lipinski definition) is 3. The summed E-state index contributed by atoms with van der Waals surface area (Å²) >= 11 is 5.89. The SMILES string of the molecule is O=C(Nc1cccc(Cl)c1)c1ccc(-n2cnnc2)cc1. The molecule has 1 aromatic heterocycles. The van der Waals surface area contributed by atoms with Crippen molar-refractivity contribution in [3.05, 3.63) is 71.8 Å². The highest BCUT2D eigenvalue weighted by molar-refractivity contribution is 6.30. The average Bonchev–Trinajstić information content (AvgIpc) is 3.01. The van der Waals surface area contributed by atoms with E-state index in [9.17, 15) is 4.79 Å². The summed E-state index contributed by atoms with van der Waals surface area (Å²) in [5.41, 5.74) is 2.11. The first kappa shape index (κ1) is 13.3. The first-order chi connectivity index (χ1) is 10.2. The highest BCUT2D eigenvalue weighted by Crippen LogP contribution is 2.16. The summed E-state index contributed by atoms with van der Waals surface area (Å²) in [6, 6.07) is 14.2. The molecule has 21 heavy (non-hydrogen) atoms. The zero-order valence-electron chi connectivity index (χ0n) is 10.9. The Bertz CT molecular complexity index is 754. The number of hydrogen-bond donors (Lipinski definition) is 1. The molecule has 0 aliphatic rings. The monoisotopic (exact) mass is 298 g/mol. The van der Waals surface area contributed by atoms with E-state index in [1.807, 2.05) is 12.1 Å². The van der Waals surface area contributed by atoms with E-state index < -0.39 is 0 Å². The molecule has 1 heterocycles. The van der Waals surface area contributed by atoms with Crippen LogP contribution in [0.25, 0.3) is 5.69 Å². The van der Waals surface area contributed by atoms with Crippen molar-refractivity contribution in [2.75, 3.05) is 5.32 Å². The quantitative estimate of drug-likeness (QED) is 0.808. The molecule has 3 aromatic rings. The molecular weight excluding hydrogens is 288 g/mol. The number of nitrogens with one attached hydrogen (secondary N) is 1. The number of halogens is 1. The fourth-order valence-electron chi connectivity index (χ4n) is 1.89. The number of nitrogens with zero attached hydrogens (tertiary/aromatic N) is 3. The molecule has 0 spiro atoms. The molecule has 0 bridgehead atoms. The molecular formula is C15H11ClN4O. The van der Waals surface area contributed by atoms with Crippen molar-refractivity contribution < 1.29 is 4.79 Å². The van der Waals surface area contributed by atoms with Crippen LogP contribution in [0.5, 0.6) is 0 Å². The maximum absolute atomic E-state index is 12.1. The molecule has 104 valence electrons. The van der Waals surface area contributed by atoms with Gasteiger partial charge in [-0.15, -0.1) is 10.2 Å². The van der Waals surface area contributed by atoms with Gasteiger partial charge in [0.05, 0.1) is 0 Å². The Labute approximate surface area is 126 Å². The van der Waals surface area contributed by atoms with Gasteiger partial charge in [-0.2, -0.15) is 0 Å². The number of aromatic nitrogens is 3. The molecule has 1 N–H and O–H groups in total. The van der Waals surface area contributed by atoms with Crippen molar-refractivity contribution in [2.24, 2.45) is 0 Å². The summed E-state index contributed by atoms with van der Waals surface area (Å²) in [4.78, 5) is 12.1. The maximum Gasteiger partial charge on any atom is 0.255 e. The van der Waals surface area contributed by atoms with Gasteiger partial charge >= 0.3 is 0 Å². The lowest BCUT2D eigenvalue weighted by atomic mass is 10.2. The molecule has 2 aromatic carbocycles. The second kappa shape index (κ2) is 5.76. The smallest absolute Gasteiger partial charge is 0.255 e. The van der Waals surface area contributed by atoms with Gasteiger partial charge in [0.2, 0.25) is 0 Å². The van der Waals surface area contributed by atoms with Crippen molar-refractivity contribution >= 4 is 23.2 Å². The number of carbonyl (C=O) groups excluding carboxylic acids is 1. The Morgan fingerprint density at radius 2 is 1.76 bits per heavy atom. The van der Waals surface area contributed by atoms with Gasteiger partial charge in [-0.05, 0) is 42.5 Å². The van der Waals surface area contributed by atoms with Crippen LogP contribution in [0.3, 0.4) is 0 Å². The molecule has 0 saturated carbocycles. The van der Waals surface area contributed by atoms with Crippen molar-refractivity contribution in [2.45, 2.75) is 0 Å². The number of amides is 1. The maximum atomic E-state index is 12.1. The molecule has 0 fully saturated rings. The van der Waals surface area contributed by atoms with Gasteiger partial charge in [0.25, 0.3) is 5.91 Å². The molecule has 3 rings (SSSR count). The Morgan fingerprint density at radius 3 is 2.43 bits per heavy atom. The molecule has 0 radical (unpaired) electrons. The predicted octanol–water partition coefficient (Wildman–Crippen LogP) is 3.17. The van der Waals surface area contributed by atoms with Crippen LogP contribution in [0.1, 0.15) is 10.4 Å². The standard InChI is InChI=1S/C15H11ClN4O/c16-12-2-1-3-13(8-12)19-15(21)11-4-6-14(7-5-11)20-9-17-18-10-20/h1-10H,(H,19,21).